The molecule has 0 unspecified atom stereocenters. The van der Waals surface area contributed by atoms with E-state index in [9.17, 15) is 18.3 Å². The van der Waals surface area contributed by atoms with Crippen molar-refractivity contribution >= 4 is 31.7 Å². The van der Waals surface area contributed by atoms with E-state index in [2.05, 4.69) is 15.9 Å². The molecule has 98 valence electrons. The normalized spacial score (nSPS) is 27.6. The van der Waals surface area contributed by atoms with Crippen LogP contribution in [0.2, 0.25) is 0 Å². The highest BCUT2D eigenvalue weighted by Crippen LogP contribution is 2.46. The molecule has 1 fully saturated rings. The van der Waals surface area contributed by atoms with E-state index in [1.165, 1.54) is 12.1 Å². The number of carbonyl (C=O) groups is 1. The third-order valence-corrected chi connectivity index (χ3v) is 6.34. The van der Waals surface area contributed by atoms with Gasteiger partial charge in [-0.1, -0.05) is 22.9 Å². The topological polar surface area (TPSA) is 71.4 Å². The zero-order chi connectivity index (χ0) is 13.6. The van der Waals surface area contributed by atoms with Gasteiger partial charge in [0.2, 0.25) is 0 Å². The lowest BCUT2D eigenvalue weighted by atomic mass is 9.75. The number of hydrogen-bond donors (Lipinski definition) is 1. The van der Waals surface area contributed by atoms with Crippen molar-refractivity contribution in [2.75, 3.05) is 0 Å². The lowest BCUT2D eigenvalue weighted by Gasteiger charge is -2.41. The molecule has 18 heavy (non-hydrogen) atoms. The molecule has 1 aliphatic rings. The molecule has 1 aliphatic carbocycles. The molecule has 2 rings (SSSR count). The van der Waals surface area contributed by atoms with E-state index in [4.69, 9.17) is 0 Å². The average Bonchev–Trinajstić information content (AvgIpc) is 2.24. The fraction of sp³-hybridized carbons (Fsp3) is 0.417. The Kier molecular flexibility index (Phi) is 3.27. The van der Waals surface area contributed by atoms with Crippen LogP contribution in [0.4, 0.5) is 0 Å². The van der Waals surface area contributed by atoms with Crippen LogP contribution in [0, 0.1) is 5.92 Å². The van der Waals surface area contributed by atoms with E-state index < -0.39 is 20.6 Å². The van der Waals surface area contributed by atoms with Gasteiger partial charge in [-0.2, -0.15) is 0 Å². The van der Waals surface area contributed by atoms with Crippen LogP contribution in [0.1, 0.15) is 19.8 Å². The van der Waals surface area contributed by atoms with E-state index in [1.807, 2.05) is 6.92 Å². The van der Waals surface area contributed by atoms with Crippen LogP contribution in [0.15, 0.2) is 33.6 Å². The fourth-order valence-corrected chi connectivity index (χ4v) is 4.86. The molecule has 0 atom stereocenters. The maximum Gasteiger partial charge on any atom is 0.325 e. The summed E-state index contributed by atoms with van der Waals surface area (Å²) >= 11 is 3.22. The predicted octanol–water partition coefficient (Wildman–Crippen LogP) is 2.48. The van der Waals surface area contributed by atoms with Gasteiger partial charge in [-0.15, -0.1) is 0 Å². The molecule has 4 nitrogen and oxygen atoms in total. The number of carboxylic acids is 1. The van der Waals surface area contributed by atoms with Crippen molar-refractivity contribution in [1.82, 2.24) is 0 Å². The van der Waals surface area contributed by atoms with Gasteiger partial charge in [-0.3, -0.25) is 4.79 Å². The number of halogens is 1. The molecule has 0 aliphatic heterocycles. The summed E-state index contributed by atoms with van der Waals surface area (Å²) in [5.41, 5.74) is 0. The fourth-order valence-electron chi connectivity index (χ4n) is 2.41. The summed E-state index contributed by atoms with van der Waals surface area (Å²) in [5.74, 6) is -1.12. The zero-order valence-electron chi connectivity index (χ0n) is 9.76. The Balaban J connectivity index is 2.48. The van der Waals surface area contributed by atoms with Crippen LogP contribution in [-0.2, 0) is 14.6 Å². The summed E-state index contributed by atoms with van der Waals surface area (Å²) in [5, 5.41) is 9.26. The van der Waals surface area contributed by atoms with Gasteiger partial charge in [0.05, 0.1) is 4.90 Å². The average molecular weight is 333 g/mol. The molecule has 0 radical (unpaired) electrons. The van der Waals surface area contributed by atoms with Crippen molar-refractivity contribution in [3.8, 4) is 0 Å². The highest BCUT2D eigenvalue weighted by molar-refractivity contribution is 9.10. The van der Waals surface area contributed by atoms with Gasteiger partial charge in [0.25, 0.3) is 0 Å². The molecular weight excluding hydrogens is 320 g/mol. The molecular formula is C12H13BrO4S. The Morgan fingerprint density at radius 3 is 2.22 bits per heavy atom. The zero-order valence-corrected chi connectivity index (χ0v) is 12.2. The maximum atomic E-state index is 12.4. The molecule has 0 bridgehead atoms. The first-order valence-corrected chi connectivity index (χ1v) is 7.81. The maximum absolute atomic E-state index is 12.4. The van der Waals surface area contributed by atoms with Crippen LogP contribution < -0.4 is 0 Å². The summed E-state index contributed by atoms with van der Waals surface area (Å²) in [4.78, 5) is 11.4. The second-order valence-electron chi connectivity index (χ2n) is 4.77. The SMILES string of the molecule is CC1CC(C(=O)O)(S(=O)(=O)c2ccc(Br)cc2)C1. The smallest absolute Gasteiger partial charge is 0.325 e. The first-order valence-electron chi connectivity index (χ1n) is 5.53. The predicted molar refractivity (Wildman–Crippen MR) is 70.1 cm³/mol. The van der Waals surface area contributed by atoms with Crippen molar-refractivity contribution in [2.24, 2.45) is 5.92 Å². The van der Waals surface area contributed by atoms with Crippen LogP contribution in [0.5, 0.6) is 0 Å². The minimum atomic E-state index is -3.83. The molecule has 6 heteroatoms. The van der Waals surface area contributed by atoms with Crippen molar-refractivity contribution < 1.29 is 18.3 Å². The number of rotatable bonds is 3. The Hall–Kier alpha value is -0.880. The minimum absolute atomic E-state index is 0.0694. The molecule has 1 N–H and O–H groups in total. The third kappa shape index (κ3) is 1.87. The van der Waals surface area contributed by atoms with Crippen molar-refractivity contribution in [2.45, 2.75) is 29.4 Å². The molecule has 1 saturated carbocycles. The summed E-state index contributed by atoms with van der Waals surface area (Å²) in [6.07, 6.45) is 0.363. The lowest BCUT2D eigenvalue weighted by Crippen LogP contribution is -2.55. The largest absolute Gasteiger partial charge is 0.480 e. The lowest BCUT2D eigenvalue weighted by molar-refractivity contribution is -0.143. The quantitative estimate of drug-likeness (QED) is 0.922. The first kappa shape index (κ1) is 13.5. The summed E-state index contributed by atoms with van der Waals surface area (Å²) in [7, 11) is -3.83. The Labute approximate surface area is 114 Å². The van der Waals surface area contributed by atoms with Crippen molar-refractivity contribution in [1.29, 1.82) is 0 Å². The Morgan fingerprint density at radius 1 is 1.33 bits per heavy atom. The molecule has 0 aromatic heterocycles. The van der Waals surface area contributed by atoms with Gasteiger partial charge in [0.1, 0.15) is 0 Å². The highest BCUT2D eigenvalue weighted by atomic mass is 79.9. The molecule has 1 aromatic carbocycles. The van der Waals surface area contributed by atoms with Gasteiger partial charge < -0.3 is 5.11 Å². The Morgan fingerprint density at radius 2 is 1.83 bits per heavy atom. The number of sulfone groups is 1. The van der Waals surface area contributed by atoms with Crippen LogP contribution in [-0.4, -0.2) is 24.2 Å². The van der Waals surface area contributed by atoms with Crippen LogP contribution >= 0.6 is 15.9 Å². The van der Waals surface area contributed by atoms with E-state index in [-0.39, 0.29) is 23.7 Å². The minimum Gasteiger partial charge on any atom is -0.480 e. The van der Waals surface area contributed by atoms with Gasteiger partial charge in [0, 0.05) is 4.47 Å². The summed E-state index contributed by atoms with van der Waals surface area (Å²) < 4.78 is 24.0. The highest BCUT2D eigenvalue weighted by Gasteiger charge is 2.59. The standard InChI is InChI=1S/C12H13BrO4S/c1-8-6-12(7-8,11(14)15)18(16,17)10-4-2-9(13)3-5-10/h2-5,8H,6-7H2,1H3,(H,14,15). The molecule has 0 saturated heterocycles. The van der Waals surface area contributed by atoms with Gasteiger partial charge in [-0.05, 0) is 43.0 Å². The molecule has 0 amide bonds. The van der Waals surface area contributed by atoms with Gasteiger partial charge in [-0.25, -0.2) is 8.42 Å². The van der Waals surface area contributed by atoms with Crippen LogP contribution in [0.3, 0.4) is 0 Å². The van der Waals surface area contributed by atoms with Crippen LogP contribution in [0.25, 0.3) is 0 Å². The number of hydrogen-bond acceptors (Lipinski definition) is 3. The second-order valence-corrected chi connectivity index (χ2v) is 7.95. The Bertz CT molecular complexity index is 571. The molecule has 0 spiro atoms. The first-order chi connectivity index (χ1) is 8.29. The van der Waals surface area contributed by atoms with E-state index >= 15 is 0 Å². The second kappa shape index (κ2) is 4.35. The monoisotopic (exact) mass is 332 g/mol. The molecule has 1 aromatic rings. The van der Waals surface area contributed by atoms with E-state index in [0.29, 0.717) is 0 Å². The van der Waals surface area contributed by atoms with Gasteiger partial charge in [0.15, 0.2) is 14.6 Å². The number of carboxylic acid groups (broad SMARTS) is 1. The molecule has 0 heterocycles. The third-order valence-electron chi connectivity index (χ3n) is 3.38. The van der Waals surface area contributed by atoms with Gasteiger partial charge >= 0.3 is 5.97 Å². The number of benzene rings is 1. The van der Waals surface area contributed by atoms with Crippen molar-refractivity contribution in [3.63, 3.8) is 0 Å². The van der Waals surface area contributed by atoms with E-state index in [1.54, 1.807) is 12.1 Å². The summed E-state index contributed by atoms with van der Waals surface area (Å²) in [6, 6.07) is 6.08. The number of aliphatic carboxylic acids is 1. The van der Waals surface area contributed by atoms with Crippen molar-refractivity contribution in [3.05, 3.63) is 28.7 Å². The summed E-state index contributed by atoms with van der Waals surface area (Å²) in [6.45, 7) is 1.86. The van der Waals surface area contributed by atoms with E-state index in [0.717, 1.165) is 4.47 Å².